The summed E-state index contributed by atoms with van der Waals surface area (Å²) in [5, 5.41) is 9.34. The van der Waals surface area contributed by atoms with Gasteiger partial charge in [0.25, 0.3) is 0 Å². The molecule has 6 heteroatoms. The van der Waals surface area contributed by atoms with Gasteiger partial charge in [-0.3, -0.25) is 4.79 Å². The molecule has 84 valence electrons. The number of carbonyl (C=O) groups excluding carboxylic acids is 1. The molecule has 1 atom stereocenters. The Hall–Kier alpha value is -1.61. The van der Waals surface area contributed by atoms with E-state index in [4.69, 9.17) is 5.26 Å². The van der Waals surface area contributed by atoms with Gasteiger partial charge in [0, 0.05) is 17.6 Å². The van der Waals surface area contributed by atoms with E-state index in [-0.39, 0.29) is 23.3 Å². The van der Waals surface area contributed by atoms with Crippen molar-refractivity contribution < 1.29 is 9.53 Å². The highest BCUT2D eigenvalue weighted by molar-refractivity contribution is 7.99. The summed E-state index contributed by atoms with van der Waals surface area (Å²) in [6.45, 7) is 1.87. The van der Waals surface area contributed by atoms with E-state index in [0.717, 1.165) is 0 Å². The minimum absolute atomic E-state index is 0.00347. The van der Waals surface area contributed by atoms with Gasteiger partial charge in [0.2, 0.25) is 0 Å². The van der Waals surface area contributed by atoms with Gasteiger partial charge in [-0.25, -0.2) is 9.97 Å². The highest BCUT2D eigenvalue weighted by atomic mass is 32.2. The SMILES string of the molecule is COC(=O)CC(C)Sc1nccnc1C#N. The predicted molar refractivity (Wildman–Crippen MR) is 58.7 cm³/mol. The van der Waals surface area contributed by atoms with Gasteiger partial charge in [-0.2, -0.15) is 5.26 Å². The number of methoxy groups -OCH3 is 1. The van der Waals surface area contributed by atoms with Crippen molar-refractivity contribution in [1.29, 1.82) is 5.26 Å². The Morgan fingerprint density at radius 2 is 2.31 bits per heavy atom. The fourth-order valence-electron chi connectivity index (χ4n) is 1.04. The van der Waals surface area contributed by atoms with Crippen LogP contribution in [-0.4, -0.2) is 28.3 Å². The maximum absolute atomic E-state index is 11.0. The molecule has 0 aromatic carbocycles. The van der Waals surface area contributed by atoms with Crippen LogP contribution in [0.1, 0.15) is 19.0 Å². The molecule has 1 aromatic heterocycles. The number of hydrogen-bond acceptors (Lipinski definition) is 6. The molecule has 16 heavy (non-hydrogen) atoms. The third-order valence-corrected chi connectivity index (χ3v) is 2.86. The van der Waals surface area contributed by atoms with E-state index in [9.17, 15) is 4.79 Å². The zero-order valence-electron chi connectivity index (χ0n) is 9.01. The van der Waals surface area contributed by atoms with E-state index >= 15 is 0 Å². The van der Waals surface area contributed by atoms with Crippen molar-refractivity contribution in [1.82, 2.24) is 9.97 Å². The minimum Gasteiger partial charge on any atom is -0.469 e. The first-order valence-corrected chi connectivity index (χ1v) is 5.50. The molecular weight excluding hydrogens is 226 g/mol. The average molecular weight is 237 g/mol. The number of rotatable bonds is 4. The van der Waals surface area contributed by atoms with E-state index in [1.807, 2.05) is 13.0 Å². The number of aromatic nitrogens is 2. The summed E-state index contributed by atoms with van der Waals surface area (Å²) < 4.78 is 4.56. The number of nitrogens with zero attached hydrogens (tertiary/aromatic N) is 3. The molecule has 0 saturated heterocycles. The first kappa shape index (κ1) is 12.5. The average Bonchev–Trinajstić information content (AvgIpc) is 2.29. The molecule has 0 saturated carbocycles. The van der Waals surface area contributed by atoms with Gasteiger partial charge in [0.1, 0.15) is 11.1 Å². The lowest BCUT2D eigenvalue weighted by Crippen LogP contribution is -2.09. The Morgan fingerprint density at radius 3 is 2.94 bits per heavy atom. The van der Waals surface area contributed by atoms with Crippen LogP contribution in [-0.2, 0) is 9.53 Å². The summed E-state index contributed by atoms with van der Waals surface area (Å²) in [4.78, 5) is 19.0. The molecule has 0 amide bonds. The second-order valence-corrected chi connectivity index (χ2v) is 4.46. The molecule has 0 N–H and O–H groups in total. The zero-order valence-corrected chi connectivity index (χ0v) is 9.82. The molecule has 1 rings (SSSR count). The van der Waals surface area contributed by atoms with Crippen LogP contribution in [0.4, 0.5) is 0 Å². The smallest absolute Gasteiger partial charge is 0.306 e. The summed E-state index contributed by atoms with van der Waals surface area (Å²) in [6.07, 6.45) is 3.27. The molecule has 0 aliphatic carbocycles. The number of ether oxygens (including phenoxy) is 1. The molecule has 1 aromatic rings. The number of carbonyl (C=O) groups is 1. The molecule has 1 unspecified atom stereocenters. The number of thioether (sulfide) groups is 1. The van der Waals surface area contributed by atoms with Crippen LogP contribution >= 0.6 is 11.8 Å². The van der Waals surface area contributed by atoms with Gasteiger partial charge >= 0.3 is 5.97 Å². The lowest BCUT2D eigenvalue weighted by atomic mass is 10.3. The topological polar surface area (TPSA) is 75.9 Å². The van der Waals surface area contributed by atoms with Crippen LogP contribution < -0.4 is 0 Å². The Labute approximate surface area is 97.9 Å². The van der Waals surface area contributed by atoms with E-state index in [0.29, 0.717) is 5.03 Å². The van der Waals surface area contributed by atoms with Crippen LogP contribution in [0.2, 0.25) is 0 Å². The Kier molecular flexibility index (Phi) is 4.73. The summed E-state index contributed by atoms with van der Waals surface area (Å²) in [5.74, 6) is -0.276. The molecule has 0 spiro atoms. The number of nitriles is 1. The Balaban J connectivity index is 2.66. The van der Waals surface area contributed by atoms with Gasteiger partial charge in [0.15, 0.2) is 5.69 Å². The molecule has 0 fully saturated rings. The number of hydrogen-bond donors (Lipinski definition) is 0. The first-order valence-electron chi connectivity index (χ1n) is 4.62. The lowest BCUT2D eigenvalue weighted by Gasteiger charge is -2.08. The van der Waals surface area contributed by atoms with E-state index in [2.05, 4.69) is 14.7 Å². The van der Waals surface area contributed by atoms with Crippen molar-refractivity contribution in [3.63, 3.8) is 0 Å². The molecule has 5 nitrogen and oxygen atoms in total. The fraction of sp³-hybridized carbons (Fsp3) is 0.400. The van der Waals surface area contributed by atoms with Gasteiger partial charge in [0.05, 0.1) is 13.5 Å². The van der Waals surface area contributed by atoms with Crippen molar-refractivity contribution in [3.8, 4) is 6.07 Å². The van der Waals surface area contributed by atoms with Gasteiger partial charge < -0.3 is 4.74 Å². The van der Waals surface area contributed by atoms with E-state index in [1.54, 1.807) is 0 Å². The quantitative estimate of drug-likeness (QED) is 0.582. The maximum Gasteiger partial charge on any atom is 0.306 e. The van der Waals surface area contributed by atoms with Gasteiger partial charge in [-0.1, -0.05) is 18.7 Å². The maximum atomic E-state index is 11.0. The molecule has 0 bridgehead atoms. The van der Waals surface area contributed by atoms with Crippen molar-refractivity contribution in [2.75, 3.05) is 7.11 Å². The third kappa shape index (κ3) is 3.51. The zero-order chi connectivity index (χ0) is 12.0. The van der Waals surface area contributed by atoms with Crippen molar-refractivity contribution in [2.24, 2.45) is 0 Å². The van der Waals surface area contributed by atoms with Gasteiger partial charge in [-0.15, -0.1) is 0 Å². The molecule has 1 heterocycles. The van der Waals surface area contributed by atoms with Crippen LogP contribution in [0, 0.1) is 11.3 Å². The second kappa shape index (κ2) is 6.08. The molecule has 0 radical (unpaired) electrons. The summed E-state index contributed by atoms with van der Waals surface area (Å²) in [7, 11) is 1.35. The molecule has 0 aliphatic heterocycles. The first-order chi connectivity index (χ1) is 7.67. The third-order valence-electron chi connectivity index (χ3n) is 1.77. The highest BCUT2D eigenvalue weighted by Gasteiger charge is 2.14. The van der Waals surface area contributed by atoms with Crippen LogP contribution in [0.15, 0.2) is 17.4 Å². The van der Waals surface area contributed by atoms with Crippen molar-refractivity contribution >= 4 is 17.7 Å². The van der Waals surface area contributed by atoms with Crippen LogP contribution in [0.25, 0.3) is 0 Å². The van der Waals surface area contributed by atoms with Crippen LogP contribution in [0.3, 0.4) is 0 Å². The highest BCUT2D eigenvalue weighted by Crippen LogP contribution is 2.24. The largest absolute Gasteiger partial charge is 0.469 e. The van der Waals surface area contributed by atoms with Gasteiger partial charge in [-0.05, 0) is 0 Å². The monoisotopic (exact) mass is 237 g/mol. The predicted octanol–water partition coefficient (Wildman–Crippen LogP) is 1.39. The lowest BCUT2D eigenvalue weighted by molar-refractivity contribution is -0.140. The molecule has 0 aliphatic rings. The standard InChI is InChI=1S/C10H11N3O2S/c1-7(5-9(14)15-2)16-10-8(6-11)12-3-4-13-10/h3-4,7H,5H2,1-2H3. The second-order valence-electron chi connectivity index (χ2n) is 3.03. The normalized spacial score (nSPS) is 11.6. The van der Waals surface area contributed by atoms with E-state index in [1.165, 1.54) is 31.3 Å². The fourth-order valence-corrected chi connectivity index (χ4v) is 1.97. The van der Waals surface area contributed by atoms with Crippen LogP contribution in [0.5, 0.6) is 0 Å². The number of esters is 1. The minimum atomic E-state index is -0.276. The molecular formula is C10H11N3O2S. The van der Waals surface area contributed by atoms with E-state index < -0.39 is 0 Å². The Morgan fingerprint density at radius 1 is 1.62 bits per heavy atom. The van der Waals surface area contributed by atoms with Crippen molar-refractivity contribution in [2.45, 2.75) is 23.6 Å². The Bertz CT molecular complexity index is 417. The summed E-state index contributed by atoms with van der Waals surface area (Å²) >= 11 is 1.34. The summed E-state index contributed by atoms with van der Waals surface area (Å²) in [5.41, 5.74) is 0.282. The van der Waals surface area contributed by atoms with Crippen molar-refractivity contribution in [3.05, 3.63) is 18.1 Å². The summed E-state index contributed by atoms with van der Waals surface area (Å²) in [6, 6.07) is 1.96.